The Balaban J connectivity index is 1.80. The molecule has 0 bridgehead atoms. The van der Waals surface area contributed by atoms with Crippen LogP contribution in [0.2, 0.25) is 0 Å². The molecule has 0 aromatic carbocycles. The molecule has 0 aliphatic carbocycles. The molecule has 1 atom stereocenters. The Bertz CT molecular complexity index is 870. The zero-order valence-electron chi connectivity index (χ0n) is 15.5. The van der Waals surface area contributed by atoms with Crippen LogP contribution in [0, 0.1) is 6.92 Å². The number of nitrogens with two attached hydrogens (primary N) is 1. The number of likely N-dealkylation sites (tertiary alicyclic amines) is 1. The van der Waals surface area contributed by atoms with Gasteiger partial charge in [0.1, 0.15) is 12.1 Å². The minimum atomic E-state index is -0.971. The van der Waals surface area contributed by atoms with Crippen molar-refractivity contribution in [2.45, 2.75) is 38.8 Å². The minimum Gasteiger partial charge on any atom is -0.377 e. The Labute approximate surface area is 161 Å². The number of amides is 3. The van der Waals surface area contributed by atoms with Gasteiger partial charge in [-0.15, -0.1) is 0 Å². The van der Waals surface area contributed by atoms with Crippen LogP contribution in [0.15, 0.2) is 12.3 Å². The average molecular weight is 390 g/mol. The van der Waals surface area contributed by atoms with Gasteiger partial charge in [0.2, 0.25) is 5.91 Å². The molecule has 3 heterocycles. The highest BCUT2D eigenvalue weighted by atomic mass is 32.1. The van der Waals surface area contributed by atoms with Gasteiger partial charge in [0.05, 0.1) is 16.3 Å². The van der Waals surface area contributed by atoms with Crippen molar-refractivity contribution >= 4 is 28.4 Å². The molecule has 3 rings (SSSR count). The second-order valence-corrected chi connectivity index (χ2v) is 7.55. The first kappa shape index (κ1) is 19.2. The number of anilines is 1. The van der Waals surface area contributed by atoms with Crippen molar-refractivity contribution in [2.24, 2.45) is 5.73 Å². The van der Waals surface area contributed by atoms with Crippen LogP contribution >= 0.6 is 11.3 Å². The summed E-state index contributed by atoms with van der Waals surface area (Å²) in [6.07, 6.45) is 2.95. The molecule has 0 spiro atoms. The van der Waals surface area contributed by atoms with Crippen molar-refractivity contribution in [2.75, 3.05) is 19.0 Å². The van der Waals surface area contributed by atoms with Gasteiger partial charge in [-0.3, -0.25) is 10.1 Å². The maximum absolute atomic E-state index is 12.7. The van der Waals surface area contributed by atoms with Crippen molar-refractivity contribution in [3.05, 3.63) is 23.8 Å². The van der Waals surface area contributed by atoms with E-state index in [9.17, 15) is 9.59 Å². The summed E-state index contributed by atoms with van der Waals surface area (Å²) in [7, 11) is 1.58. The topological polar surface area (TPSA) is 123 Å². The van der Waals surface area contributed by atoms with Crippen LogP contribution in [0.25, 0.3) is 10.6 Å². The van der Waals surface area contributed by atoms with E-state index in [-0.39, 0.29) is 6.03 Å². The lowest BCUT2D eigenvalue weighted by atomic mass is 9.98. The van der Waals surface area contributed by atoms with Crippen LogP contribution in [0.5, 0.6) is 0 Å². The van der Waals surface area contributed by atoms with Crippen molar-refractivity contribution < 1.29 is 14.3 Å². The number of hydrogen-bond acceptors (Lipinski definition) is 7. The number of carbonyl (C=O) groups excluding carboxylic acids is 2. The molecule has 1 fully saturated rings. The first-order chi connectivity index (χ1) is 12.8. The average Bonchev–Trinajstić information content (AvgIpc) is 3.19. The third-order valence-electron chi connectivity index (χ3n) is 4.64. The van der Waals surface area contributed by atoms with Crippen molar-refractivity contribution in [3.8, 4) is 10.6 Å². The minimum absolute atomic E-state index is 0.315. The summed E-state index contributed by atoms with van der Waals surface area (Å²) in [5, 5.41) is 3.23. The first-order valence-electron chi connectivity index (χ1n) is 8.52. The molecule has 3 N–H and O–H groups in total. The summed E-state index contributed by atoms with van der Waals surface area (Å²) in [6.45, 7) is 4.34. The van der Waals surface area contributed by atoms with E-state index in [2.05, 4.69) is 20.3 Å². The quantitative estimate of drug-likeness (QED) is 0.804. The van der Waals surface area contributed by atoms with E-state index >= 15 is 0 Å². The van der Waals surface area contributed by atoms with Gasteiger partial charge >= 0.3 is 6.03 Å². The number of nitrogens with one attached hydrogen (secondary N) is 1. The highest BCUT2D eigenvalue weighted by molar-refractivity contribution is 7.19. The number of aryl methyl sites for hydroxylation is 1. The molecule has 1 saturated heterocycles. The van der Waals surface area contributed by atoms with Gasteiger partial charge in [0, 0.05) is 19.9 Å². The predicted molar refractivity (Wildman–Crippen MR) is 101 cm³/mol. The smallest absolute Gasteiger partial charge is 0.324 e. The second-order valence-electron chi connectivity index (χ2n) is 6.55. The monoisotopic (exact) mass is 390 g/mol. The van der Waals surface area contributed by atoms with Gasteiger partial charge in [-0.25, -0.2) is 19.7 Å². The van der Waals surface area contributed by atoms with Crippen molar-refractivity contribution in [1.82, 2.24) is 19.9 Å². The summed E-state index contributed by atoms with van der Waals surface area (Å²) in [5.41, 5.74) is 5.99. The van der Waals surface area contributed by atoms with E-state index in [4.69, 9.17) is 10.5 Å². The lowest BCUT2D eigenvalue weighted by Crippen LogP contribution is -2.55. The van der Waals surface area contributed by atoms with E-state index in [1.54, 1.807) is 26.3 Å². The maximum Gasteiger partial charge on any atom is 0.324 e. The van der Waals surface area contributed by atoms with E-state index in [0.29, 0.717) is 30.5 Å². The predicted octanol–water partition coefficient (Wildman–Crippen LogP) is 1.93. The number of nitrogens with zero attached hydrogens (tertiary/aromatic N) is 4. The van der Waals surface area contributed by atoms with Crippen molar-refractivity contribution in [1.29, 1.82) is 0 Å². The van der Waals surface area contributed by atoms with E-state index in [1.807, 2.05) is 6.92 Å². The molecule has 0 radical (unpaired) electrons. The Morgan fingerprint density at radius 2 is 2.22 bits per heavy atom. The molecular formula is C17H22N6O3S. The molecule has 0 unspecified atom stereocenters. The summed E-state index contributed by atoms with van der Waals surface area (Å²) in [4.78, 5) is 39.8. The van der Waals surface area contributed by atoms with Gasteiger partial charge in [-0.1, -0.05) is 11.3 Å². The Hall–Kier alpha value is -2.59. The number of carbonyl (C=O) groups is 2. The zero-order valence-corrected chi connectivity index (χ0v) is 16.3. The molecular weight excluding hydrogens is 368 g/mol. The largest absolute Gasteiger partial charge is 0.377 e. The SMILES string of the molecule is COCc1nccc(-c2sc(NC(=O)N3CCC[C@@]3(C)C(N)=O)nc2C)n1. The molecule has 9 nitrogen and oxygen atoms in total. The summed E-state index contributed by atoms with van der Waals surface area (Å²) in [6, 6.07) is 1.41. The van der Waals surface area contributed by atoms with Gasteiger partial charge in [-0.2, -0.15) is 0 Å². The van der Waals surface area contributed by atoms with E-state index in [1.165, 1.54) is 16.2 Å². The Morgan fingerprint density at radius 1 is 1.44 bits per heavy atom. The Kier molecular flexibility index (Phi) is 5.38. The number of ether oxygens (including phenoxy) is 1. The van der Waals surface area contributed by atoms with Crippen LogP contribution in [0.4, 0.5) is 9.93 Å². The second kappa shape index (κ2) is 7.57. The molecule has 1 aliphatic rings. The number of primary amides is 1. The molecule has 27 heavy (non-hydrogen) atoms. The third-order valence-corrected chi connectivity index (χ3v) is 5.73. The Morgan fingerprint density at radius 3 is 2.93 bits per heavy atom. The normalized spacial score (nSPS) is 19.3. The van der Waals surface area contributed by atoms with Crippen LogP contribution in [0.1, 0.15) is 31.3 Å². The fraction of sp³-hybridized carbons (Fsp3) is 0.471. The number of urea groups is 1. The van der Waals surface area contributed by atoms with Crippen LogP contribution in [-0.2, 0) is 16.1 Å². The fourth-order valence-electron chi connectivity index (χ4n) is 3.12. The highest BCUT2D eigenvalue weighted by Gasteiger charge is 2.44. The number of thiazole rings is 1. The lowest BCUT2D eigenvalue weighted by Gasteiger charge is -2.31. The van der Waals surface area contributed by atoms with Gasteiger partial charge < -0.3 is 15.4 Å². The van der Waals surface area contributed by atoms with Crippen LogP contribution in [0.3, 0.4) is 0 Å². The standard InChI is InChI=1S/C17H22N6O3S/c1-10-13(11-5-7-19-12(21-11)9-26-3)27-15(20-10)22-16(25)23-8-4-6-17(23,2)14(18)24/h5,7H,4,6,8-9H2,1-3H3,(H2,18,24)(H,20,22,25)/t17-/m0/s1. The van der Waals surface area contributed by atoms with Crippen LogP contribution in [-0.4, -0.2) is 51.0 Å². The lowest BCUT2D eigenvalue weighted by molar-refractivity contribution is -0.126. The number of methoxy groups -OCH3 is 1. The molecule has 1 aliphatic heterocycles. The van der Waals surface area contributed by atoms with E-state index in [0.717, 1.165) is 22.7 Å². The molecule has 0 saturated carbocycles. The molecule has 3 amide bonds. The van der Waals surface area contributed by atoms with Gasteiger partial charge in [-0.05, 0) is 32.8 Å². The van der Waals surface area contributed by atoms with Crippen LogP contribution < -0.4 is 11.1 Å². The summed E-state index contributed by atoms with van der Waals surface area (Å²) in [5.74, 6) is 0.0699. The summed E-state index contributed by atoms with van der Waals surface area (Å²) < 4.78 is 5.07. The van der Waals surface area contributed by atoms with Crippen molar-refractivity contribution in [3.63, 3.8) is 0 Å². The molecule has 10 heteroatoms. The summed E-state index contributed by atoms with van der Waals surface area (Å²) >= 11 is 1.32. The first-order valence-corrected chi connectivity index (χ1v) is 9.34. The van der Waals surface area contributed by atoms with E-state index < -0.39 is 11.4 Å². The maximum atomic E-state index is 12.7. The number of hydrogen-bond donors (Lipinski definition) is 2. The van der Waals surface area contributed by atoms with Gasteiger partial charge in [0.15, 0.2) is 11.0 Å². The highest BCUT2D eigenvalue weighted by Crippen LogP contribution is 2.33. The zero-order chi connectivity index (χ0) is 19.6. The fourth-order valence-corrected chi connectivity index (χ4v) is 4.04. The van der Waals surface area contributed by atoms with Gasteiger partial charge in [0.25, 0.3) is 0 Å². The molecule has 2 aromatic heterocycles. The number of rotatable bonds is 5. The number of aromatic nitrogens is 3. The third kappa shape index (κ3) is 3.76. The molecule has 144 valence electrons. The molecule has 2 aromatic rings.